The van der Waals surface area contributed by atoms with Crippen molar-refractivity contribution < 1.29 is 42.4 Å². The van der Waals surface area contributed by atoms with E-state index in [0.717, 1.165) is 11.8 Å². The van der Waals surface area contributed by atoms with Crippen molar-refractivity contribution in [1.82, 2.24) is 0 Å². The van der Waals surface area contributed by atoms with Crippen LogP contribution in [0, 0.1) is 0 Å². The summed E-state index contributed by atoms with van der Waals surface area (Å²) >= 11 is 0.882. The average Bonchev–Trinajstić information content (AvgIpc) is 2.43. The average molecular weight is 414 g/mol. The molecule has 0 aliphatic heterocycles. The molecule has 1 aliphatic rings. The first-order valence-electron chi connectivity index (χ1n) is 4.84. The van der Waals surface area contributed by atoms with Gasteiger partial charge in [0.2, 0.25) is 0 Å². The molecule has 1 aliphatic carbocycles. The summed E-state index contributed by atoms with van der Waals surface area (Å²) in [6.45, 7) is 0. The summed E-state index contributed by atoms with van der Waals surface area (Å²) in [6, 6.07) is 9.37. The van der Waals surface area contributed by atoms with Gasteiger partial charge in [0.05, 0.1) is 0 Å². The molecule has 0 radical (unpaired) electrons. The van der Waals surface area contributed by atoms with E-state index in [4.69, 9.17) is 0 Å². The van der Waals surface area contributed by atoms with Crippen molar-refractivity contribution in [3.8, 4) is 0 Å². The van der Waals surface area contributed by atoms with E-state index >= 15 is 0 Å². The molecule has 0 saturated carbocycles. The number of rotatable bonds is 4. The third-order valence-corrected chi connectivity index (χ3v) is 6.55. The van der Waals surface area contributed by atoms with Gasteiger partial charge in [-0.05, 0) is 0 Å². The zero-order chi connectivity index (χ0) is 9.97. The number of alkyl halides is 4. The number of halogens is 2. The minimum atomic E-state index is 0.441. The van der Waals surface area contributed by atoms with Crippen LogP contribution in [-0.2, 0) is 0 Å². The predicted octanol–water partition coefficient (Wildman–Crippen LogP) is -3.69. The first-order valence-corrected chi connectivity index (χ1v) is 12.2. The van der Waals surface area contributed by atoms with E-state index in [9.17, 15) is 0 Å². The van der Waals surface area contributed by atoms with Gasteiger partial charge in [0, 0.05) is 0 Å². The summed E-state index contributed by atoms with van der Waals surface area (Å²) in [5.74, 6) is 1.80. The van der Waals surface area contributed by atoms with Crippen LogP contribution in [0.3, 0.4) is 0 Å². The first kappa shape index (κ1) is 11.2. The second-order valence-electron chi connectivity index (χ2n) is 3.73. The van der Waals surface area contributed by atoms with Crippen LogP contribution in [0.25, 0.3) is 0 Å². The Balaban J connectivity index is 2.21. The van der Waals surface area contributed by atoms with Gasteiger partial charge in [-0.3, -0.25) is 0 Å². The molecule has 2 rings (SSSR count). The molecule has 80 valence electrons. The first-order chi connectivity index (χ1) is 6.86. The fourth-order valence-corrected chi connectivity index (χ4v) is 6.35. The van der Waals surface area contributed by atoms with E-state index in [0.29, 0.717) is 42.4 Å². The van der Waals surface area contributed by atoms with Crippen molar-refractivity contribution in [3.05, 3.63) is 35.4 Å². The molecular weight excluding hydrogens is 398 g/mol. The topological polar surface area (TPSA) is 0 Å². The molecule has 1 aromatic carbocycles. The van der Waals surface area contributed by atoms with Gasteiger partial charge in [-0.15, -0.1) is 0 Å². The third-order valence-electron chi connectivity index (χ3n) is 2.89. The molecule has 0 spiro atoms. The van der Waals surface area contributed by atoms with Crippen LogP contribution < -0.4 is 42.4 Å². The minimum absolute atomic E-state index is 0.441. The van der Waals surface area contributed by atoms with Crippen LogP contribution in [-0.4, -0.2) is 18.7 Å². The zero-order valence-corrected chi connectivity index (χ0v) is 12.9. The van der Waals surface area contributed by atoms with Crippen LogP contribution >= 0.6 is 0 Å². The Morgan fingerprint density at radius 3 is 1.93 bits per heavy atom. The van der Waals surface area contributed by atoms with Crippen LogP contribution in [0.15, 0.2) is 24.3 Å². The second kappa shape index (κ2) is 5.14. The molecule has 2 bridgehead atoms. The molecule has 0 N–H and O–H groups in total. The van der Waals surface area contributed by atoms with Gasteiger partial charge >= 0.3 is 108 Å². The Morgan fingerprint density at radius 2 is 1.50 bits per heavy atom. The standard InChI is InChI=1S/C12H16I2/c1-13-7-11-9-4-3-5-10(6-9)12(11)8-14-2/h3-6,11-12H,7-8H2,1-2H3/q-2. The molecule has 2 heteroatoms. The fourth-order valence-electron chi connectivity index (χ4n) is 2.21. The number of fused-ring (bicyclic) bond motifs is 2. The van der Waals surface area contributed by atoms with Crippen LogP contribution in [0.1, 0.15) is 23.0 Å². The molecule has 0 aromatic heterocycles. The van der Waals surface area contributed by atoms with E-state index in [1.165, 1.54) is 8.86 Å². The molecular formula is C12H16I2-2. The molecule has 0 nitrogen and oxygen atoms in total. The van der Waals surface area contributed by atoms with Gasteiger partial charge in [0.15, 0.2) is 0 Å². The maximum absolute atomic E-state index is 2.45. The van der Waals surface area contributed by atoms with Crippen molar-refractivity contribution in [1.29, 1.82) is 0 Å². The maximum atomic E-state index is 2.45. The Labute approximate surface area is 107 Å². The molecule has 14 heavy (non-hydrogen) atoms. The van der Waals surface area contributed by atoms with Crippen molar-refractivity contribution in [2.75, 3.05) is 18.7 Å². The Kier molecular flexibility index (Phi) is 4.10. The van der Waals surface area contributed by atoms with E-state index in [1.807, 2.05) is 0 Å². The summed E-state index contributed by atoms with van der Waals surface area (Å²) in [7, 11) is 0. The normalized spacial score (nSPS) is 24.7. The van der Waals surface area contributed by atoms with Gasteiger partial charge in [-0.25, -0.2) is 0 Å². The summed E-state index contributed by atoms with van der Waals surface area (Å²) in [5.41, 5.74) is 3.26. The van der Waals surface area contributed by atoms with E-state index in [2.05, 4.69) is 34.1 Å². The SMILES string of the molecule is C[I-]CC1c2cccc(c2)C1C[I-]C. The third kappa shape index (κ3) is 2.10. The number of hydrogen-bond acceptors (Lipinski definition) is 0. The quantitative estimate of drug-likeness (QED) is 0.352. The van der Waals surface area contributed by atoms with Crippen molar-refractivity contribution >= 4 is 0 Å². The Morgan fingerprint density at radius 1 is 1.00 bits per heavy atom. The van der Waals surface area contributed by atoms with Gasteiger partial charge in [-0.1, -0.05) is 0 Å². The second-order valence-corrected chi connectivity index (χ2v) is 8.54. The van der Waals surface area contributed by atoms with Gasteiger partial charge < -0.3 is 0 Å². The van der Waals surface area contributed by atoms with Crippen molar-refractivity contribution in [2.24, 2.45) is 0 Å². The van der Waals surface area contributed by atoms with E-state index in [1.54, 1.807) is 11.1 Å². The molecule has 0 amide bonds. The van der Waals surface area contributed by atoms with Gasteiger partial charge in [-0.2, -0.15) is 0 Å². The molecule has 0 heterocycles. The molecule has 2 atom stereocenters. The van der Waals surface area contributed by atoms with Crippen LogP contribution in [0.2, 0.25) is 0 Å². The van der Waals surface area contributed by atoms with Crippen molar-refractivity contribution in [3.63, 3.8) is 0 Å². The van der Waals surface area contributed by atoms with Crippen molar-refractivity contribution in [2.45, 2.75) is 11.8 Å². The summed E-state index contributed by atoms with van der Waals surface area (Å²) < 4.78 is 2.97. The summed E-state index contributed by atoms with van der Waals surface area (Å²) in [6.07, 6.45) is 0. The van der Waals surface area contributed by atoms with Crippen LogP contribution in [0.5, 0.6) is 0 Å². The molecule has 0 saturated heterocycles. The van der Waals surface area contributed by atoms with E-state index < -0.39 is 0 Å². The number of benzene rings is 1. The molecule has 1 aromatic rings. The number of hydrogen-bond donors (Lipinski definition) is 0. The molecule has 0 fully saturated rings. The van der Waals surface area contributed by atoms with Crippen LogP contribution in [0.4, 0.5) is 0 Å². The van der Waals surface area contributed by atoms with Gasteiger partial charge in [0.25, 0.3) is 0 Å². The monoisotopic (exact) mass is 414 g/mol. The Hall–Kier alpha value is 0.680. The fraction of sp³-hybridized carbons (Fsp3) is 0.500. The summed E-state index contributed by atoms with van der Waals surface area (Å²) in [4.78, 5) is 4.83. The van der Waals surface area contributed by atoms with E-state index in [-0.39, 0.29) is 0 Å². The zero-order valence-electron chi connectivity index (χ0n) is 8.63. The predicted molar refractivity (Wildman–Crippen MR) is 53.5 cm³/mol. The van der Waals surface area contributed by atoms with Gasteiger partial charge in [0.1, 0.15) is 0 Å². The molecule has 2 unspecified atom stereocenters. The Bertz CT molecular complexity index is 282. The summed E-state index contributed by atoms with van der Waals surface area (Å²) in [5, 5.41) is 0.